The predicted molar refractivity (Wildman–Crippen MR) is 75.7 cm³/mol. The van der Waals surface area contributed by atoms with Crippen LogP contribution in [0.3, 0.4) is 0 Å². The summed E-state index contributed by atoms with van der Waals surface area (Å²) in [6, 6.07) is 2.00. The van der Waals surface area contributed by atoms with E-state index in [1.807, 2.05) is 42.3 Å². The normalized spacial score (nSPS) is 11.4. The molecule has 0 amide bonds. The number of hydrogen-bond donors (Lipinski definition) is 1. The van der Waals surface area contributed by atoms with E-state index < -0.39 is 5.97 Å². The number of imidazole rings is 1. The van der Waals surface area contributed by atoms with E-state index in [0.29, 0.717) is 12.3 Å². The minimum Gasteiger partial charge on any atom is -0.480 e. The van der Waals surface area contributed by atoms with Crippen molar-refractivity contribution in [3.8, 4) is 0 Å². The molecule has 0 radical (unpaired) electrons. The van der Waals surface area contributed by atoms with Crippen LogP contribution in [0.5, 0.6) is 0 Å². The zero-order chi connectivity index (χ0) is 14.7. The molecule has 6 nitrogen and oxygen atoms in total. The van der Waals surface area contributed by atoms with Gasteiger partial charge in [0.25, 0.3) is 0 Å². The van der Waals surface area contributed by atoms with Crippen molar-refractivity contribution in [2.45, 2.75) is 33.7 Å². The van der Waals surface area contributed by atoms with Gasteiger partial charge in [0.05, 0.1) is 12.2 Å². The van der Waals surface area contributed by atoms with Crippen LogP contribution < -0.4 is 0 Å². The van der Waals surface area contributed by atoms with Gasteiger partial charge >= 0.3 is 5.97 Å². The molecule has 0 aromatic carbocycles. The van der Waals surface area contributed by atoms with Gasteiger partial charge in [-0.05, 0) is 32.9 Å². The van der Waals surface area contributed by atoms with Crippen LogP contribution in [0, 0.1) is 13.8 Å². The molecule has 2 aromatic rings. The molecule has 0 aliphatic heterocycles. The molecule has 2 heterocycles. The number of carboxylic acids is 1. The molecule has 2 rings (SSSR count). The van der Waals surface area contributed by atoms with Crippen molar-refractivity contribution in [1.29, 1.82) is 0 Å². The van der Waals surface area contributed by atoms with Gasteiger partial charge in [0.1, 0.15) is 0 Å². The van der Waals surface area contributed by atoms with Crippen LogP contribution in [0.25, 0.3) is 5.78 Å². The monoisotopic (exact) mass is 276 g/mol. The second kappa shape index (κ2) is 6.00. The van der Waals surface area contributed by atoms with Crippen molar-refractivity contribution in [2.24, 2.45) is 0 Å². The third kappa shape index (κ3) is 3.33. The Bertz CT molecular complexity index is 621. The number of aromatic nitrogens is 3. The first-order valence-electron chi connectivity index (χ1n) is 6.76. The topological polar surface area (TPSA) is 70.7 Å². The van der Waals surface area contributed by atoms with E-state index in [9.17, 15) is 4.79 Å². The number of nitrogens with zero attached hydrogens (tertiary/aromatic N) is 4. The molecule has 1 N–H and O–H groups in total. The van der Waals surface area contributed by atoms with Gasteiger partial charge in [0, 0.05) is 24.1 Å². The summed E-state index contributed by atoms with van der Waals surface area (Å²) in [6.45, 7) is 7.29. The summed E-state index contributed by atoms with van der Waals surface area (Å²) in [5.41, 5.74) is 2.86. The molecule has 0 saturated heterocycles. The Morgan fingerprint density at radius 2 is 2.15 bits per heavy atom. The number of rotatable bonds is 6. The van der Waals surface area contributed by atoms with Crippen molar-refractivity contribution < 1.29 is 9.90 Å². The van der Waals surface area contributed by atoms with E-state index in [-0.39, 0.29) is 6.54 Å². The maximum Gasteiger partial charge on any atom is 0.317 e. The van der Waals surface area contributed by atoms with Gasteiger partial charge in [-0.1, -0.05) is 6.92 Å². The maximum atomic E-state index is 10.9. The Kier molecular flexibility index (Phi) is 4.34. The molecule has 0 atom stereocenters. The average molecular weight is 276 g/mol. The number of aliphatic carboxylic acids is 1. The zero-order valence-corrected chi connectivity index (χ0v) is 12.1. The third-order valence-electron chi connectivity index (χ3n) is 3.10. The summed E-state index contributed by atoms with van der Waals surface area (Å²) < 4.78 is 1.94. The highest BCUT2D eigenvalue weighted by atomic mass is 16.4. The first-order chi connectivity index (χ1) is 9.49. The van der Waals surface area contributed by atoms with Crippen LogP contribution in [0.1, 0.15) is 30.4 Å². The fourth-order valence-corrected chi connectivity index (χ4v) is 2.35. The molecule has 20 heavy (non-hydrogen) atoms. The second-order valence-corrected chi connectivity index (χ2v) is 5.05. The van der Waals surface area contributed by atoms with E-state index >= 15 is 0 Å². The van der Waals surface area contributed by atoms with E-state index in [1.54, 1.807) is 0 Å². The summed E-state index contributed by atoms with van der Waals surface area (Å²) in [5.74, 6) is -0.142. The lowest BCUT2D eigenvalue weighted by Crippen LogP contribution is -2.30. The molecule has 0 unspecified atom stereocenters. The molecular formula is C14H20N4O2. The Labute approximate surface area is 118 Å². The van der Waals surface area contributed by atoms with Crippen molar-refractivity contribution in [2.75, 3.05) is 13.1 Å². The molecule has 6 heteroatoms. The van der Waals surface area contributed by atoms with E-state index in [0.717, 1.165) is 30.0 Å². The fraction of sp³-hybridized carbons (Fsp3) is 0.500. The van der Waals surface area contributed by atoms with Crippen molar-refractivity contribution in [1.82, 2.24) is 19.3 Å². The quantitative estimate of drug-likeness (QED) is 0.868. The number of fused-ring (bicyclic) bond motifs is 1. The van der Waals surface area contributed by atoms with E-state index in [4.69, 9.17) is 5.11 Å². The van der Waals surface area contributed by atoms with Crippen LogP contribution in [-0.2, 0) is 11.3 Å². The van der Waals surface area contributed by atoms with Crippen molar-refractivity contribution >= 4 is 11.7 Å². The van der Waals surface area contributed by atoms with Crippen molar-refractivity contribution in [3.63, 3.8) is 0 Å². The molecule has 108 valence electrons. The van der Waals surface area contributed by atoms with E-state index in [1.165, 1.54) is 0 Å². The zero-order valence-electron chi connectivity index (χ0n) is 12.1. The van der Waals surface area contributed by atoms with Crippen LogP contribution >= 0.6 is 0 Å². The molecule has 2 aromatic heterocycles. The van der Waals surface area contributed by atoms with Crippen LogP contribution in [0.2, 0.25) is 0 Å². The third-order valence-corrected chi connectivity index (χ3v) is 3.10. The molecule has 0 spiro atoms. The van der Waals surface area contributed by atoms with Gasteiger partial charge in [0.2, 0.25) is 5.78 Å². The first-order valence-corrected chi connectivity index (χ1v) is 6.76. The van der Waals surface area contributed by atoms with Gasteiger partial charge in [-0.25, -0.2) is 9.97 Å². The Morgan fingerprint density at radius 3 is 2.80 bits per heavy atom. The van der Waals surface area contributed by atoms with Gasteiger partial charge in [-0.15, -0.1) is 0 Å². The largest absolute Gasteiger partial charge is 0.480 e. The minimum atomic E-state index is -0.813. The predicted octanol–water partition coefficient (Wildman–Crippen LogP) is 1.64. The van der Waals surface area contributed by atoms with Crippen LogP contribution in [0.15, 0.2) is 12.3 Å². The molecular weight excluding hydrogens is 256 g/mol. The van der Waals surface area contributed by atoms with Crippen LogP contribution in [0.4, 0.5) is 0 Å². The summed E-state index contributed by atoms with van der Waals surface area (Å²) in [6.07, 6.45) is 2.85. The number of carbonyl (C=O) groups is 1. The molecule has 0 aliphatic rings. The van der Waals surface area contributed by atoms with Gasteiger partial charge in [-0.2, -0.15) is 0 Å². The van der Waals surface area contributed by atoms with E-state index in [2.05, 4.69) is 9.97 Å². The van der Waals surface area contributed by atoms with Gasteiger partial charge in [-0.3, -0.25) is 14.1 Å². The highest BCUT2D eigenvalue weighted by Crippen LogP contribution is 2.10. The number of aryl methyl sites for hydroxylation is 2. The van der Waals surface area contributed by atoms with Crippen LogP contribution in [-0.4, -0.2) is 43.4 Å². The minimum absolute atomic E-state index is 0.0349. The summed E-state index contributed by atoms with van der Waals surface area (Å²) in [4.78, 5) is 21.6. The lowest BCUT2D eigenvalue weighted by atomic mass is 10.3. The van der Waals surface area contributed by atoms with Gasteiger partial charge < -0.3 is 5.11 Å². The summed E-state index contributed by atoms with van der Waals surface area (Å²) in [5, 5.41) is 8.93. The first kappa shape index (κ1) is 14.5. The fourth-order valence-electron chi connectivity index (χ4n) is 2.35. The Hall–Kier alpha value is -1.95. The number of carboxylic acid groups (broad SMARTS) is 1. The average Bonchev–Trinajstić information content (AvgIpc) is 2.71. The number of hydrogen-bond acceptors (Lipinski definition) is 4. The smallest absolute Gasteiger partial charge is 0.317 e. The molecule has 0 bridgehead atoms. The highest BCUT2D eigenvalue weighted by molar-refractivity contribution is 5.69. The lowest BCUT2D eigenvalue weighted by molar-refractivity contribution is -0.138. The summed E-state index contributed by atoms with van der Waals surface area (Å²) >= 11 is 0. The van der Waals surface area contributed by atoms with Crippen molar-refractivity contribution in [3.05, 3.63) is 29.3 Å². The SMILES string of the molecule is CCCN(CC(=O)O)Cc1cn2c(C)cc(C)nc2n1. The molecule has 0 aliphatic carbocycles. The lowest BCUT2D eigenvalue weighted by Gasteiger charge is -2.17. The standard InChI is InChI=1S/C14H20N4O2/c1-4-5-17(9-13(19)20)7-12-8-18-11(3)6-10(2)15-14(18)16-12/h6,8H,4-5,7,9H2,1-3H3,(H,19,20). The Morgan fingerprint density at radius 1 is 1.40 bits per heavy atom. The maximum absolute atomic E-state index is 10.9. The highest BCUT2D eigenvalue weighted by Gasteiger charge is 2.12. The summed E-state index contributed by atoms with van der Waals surface area (Å²) in [7, 11) is 0. The second-order valence-electron chi connectivity index (χ2n) is 5.05. The Balaban J connectivity index is 2.23. The van der Waals surface area contributed by atoms with Gasteiger partial charge in [0.15, 0.2) is 0 Å². The molecule has 0 fully saturated rings. The molecule has 0 saturated carbocycles.